The lowest BCUT2D eigenvalue weighted by molar-refractivity contribution is 0.101. The zero-order valence-electron chi connectivity index (χ0n) is 9.21. The molecule has 0 aromatic heterocycles. The van der Waals surface area contributed by atoms with Crippen molar-refractivity contribution >= 4 is 5.78 Å². The largest absolute Gasteiger partial charge is 0.295 e. The average molecular weight is 190 g/mol. The van der Waals surface area contributed by atoms with Crippen LogP contribution in [-0.4, -0.2) is 5.78 Å². The second-order valence-corrected chi connectivity index (χ2v) is 3.69. The third-order valence-electron chi connectivity index (χ3n) is 2.77. The summed E-state index contributed by atoms with van der Waals surface area (Å²) in [4.78, 5) is 11.1. The van der Waals surface area contributed by atoms with Crippen molar-refractivity contribution in [2.45, 2.75) is 39.5 Å². The fourth-order valence-electron chi connectivity index (χ4n) is 1.75. The molecule has 0 atom stereocenters. The Bertz CT molecular complexity index is 294. The van der Waals surface area contributed by atoms with Gasteiger partial charge in [0.15, 0.2) is 5.78 Å². The Balaban J connectivity index is 2.87. The fourth-order valence-corrected chi connectivity index (χ4v) is 1.75. The molecule has 0 unspecified atom stereocenters. The van der Waals surface area contributed by atoms with E-state index in [1.54, 1.807) is 6.92 Å². The van der Waals surface area contributed by atoms with E-state index in [1.165, 1.54) is 5.56 Å². The Hall–Kier alpha value is -1.11. The van der Waals surface area contributed by atoms with Gasteiger partial charge in [0.25, 0.3) is 0 Å². The van der Waals surface area contributed by atoms with Crippen molar-refractivity contribution in [3.63, 3.8) is 0 Å². The second-order valence-electron chi connectivity index (χ2n) is 3.69. The van der Waals surface area contributed by atoms with E-state index < -0.39 is 0 Å². The molecule has 1 nitrogen and oxygen atoms in total. The first-order chi connectivity index (χ1) is 6.69. The van der Waals surface area contributed by atoms with E-state index in [9.17, 15) is 4.79 Å². The van der Waals surface area contributed by atoms with Gasteiger partial charge in [-0.3, -0.25) is 4.79 Å². The molecular formula is C13H18O. The van der Waals surface area contributed by atoms with Crippen molar-refractivity contribution in [2.75, 3.05) is 0 Å². The van der Waals surface area contributed by atoms with Crippen LogP contribution in [0.2, 0.25) is 0 Å². The highest BCUT2D eigenvalue weighted by Crippen LogP contribution is 2.22. The van der Waals surface area contributed by atoms with Crippen molar-refractivity contribution in [3.8, 4) is 0 Å². The average Bonchev–Trinajstić information content (AvgIpc) is 2.20. The number of benzene rings is 1. The summed E-state index contributed by atoms with van der Waals surface area (Å²) < 4.78 is 0. The molecule has 0 saturated heterocycles. The monoisotopic (exact) mass is 190 g/mol. The van der Waals surface area contributed by atoms with Gasteiger partial charge >= 0.3 is 0 Å². The zero-order chi connectivity index (χ0) is 10.6. The van der Waals surface area contributed by atoms with Gasteiger partial charge in [0.1, 0.15) is 0 Å². The number of carbonyl (C=O) groups excluding carboxylic acids is 1. The molecule has 14 heavy (non-hydrogen) atoms. The molecule has 0 saturated carbocycles. The predicted molar refractivity (Wildman–Crippen MR) is 59.8 cm³/mol. The van der Waals surface area contributed by atoms with Crippen LogP contribution < -0.4 is 0 Å². The molecule has 1 aromatic carbocycles. The minimum Gasteiger partial charge on any atom is -0.295 e. The van der Waals surface area contributed by atoms with Crippen LogP contribution in [0.15, 0.2) is 24.3 Å². The number of ketones is 1. The van der Waals surface area contributed by atoms with Crippen LogP contribution >= 0.6 is 0 Å². The molecular weight excluding hydrogens is 172 g/mol. The lowest BCUT2D eigenvalue weighted by Crippen LogP contribution is -1.97. The lowest BCUT2D eigenvalue weighted by Gasteiger charge is -2.12. The first kappa shape index (κ1) is 11.0. The molecule has 0 aliphatic rings. The maximum Gasteiger partial charge on any atom is 0.159 e. The van der Waals surface area contributed by atoms with Crippen LogP contribution in [0.3, 0.4) is 0 Å². The fraction of sp³-hybridized carbons (Fsp3) is 0.462. The van der Waals surface area contributed by atoms with Crippen molar-refractivity contribution in [2.24, 2.45) is 0 Å². The normalized spacial score (nSPS) is 10.6. The van der Waals surface area contributed by atoms with Gasteiger partial charge in [-0.1, -0.05) is 38.1 Å². The summed E-state index contributed by atoms with van der Waals surface area (Å²) in [6, 6.07) is 8.01. The maximum atomic E-state index is 11.1. The smallest absolute Gasteiger partial charge is 0.159 e. The zero-order valence-corrected chi connectivity index (χ0v) is 9.21. The standard InChI is InChI=1S/C13H18O/c1-4-11(5-2)13-8-6-12(7-9-13)10(3)14/h6-9,11H,4-5H2,1-3H3. The number of Topliss-reactive ketones (excluding diaryl/α,β-unsaturated/α-hetero) is 1. The van der Waals surface area contributed by atoms with Gasteiger partial charge in [-0.15, -0.1) is 0 Å². The van der Waals surface area contributed by atoms with Gasteiger partial charge in [-0.2, -0.15) is 0 Å². The minimum absolute atomic E-state index is 0.140. The molecule has 0 radical (unpaired) electrons. The lowest BCUT2D eigenvalue weighted by atomic mass is 9.93. The van der Waals surface area contributed by atoms with Crippen molar-refractivity contribution in [1.82, 2.24) is 0 Å². The van der Waals surface area contributed by atoms with E-state index in [4.69, 9.17) is 0 Å². The van der Waals surface area contributed by atoms with Crippen LogP contribution in [0.25, 0.3) is 0 Å². The summed E-state index contributed by atoms with van der Waals surface area (Å²) in [7, 11) is 0. The Morgan fingerprint density at radius 3 is 2.00 bits per heavy atom. The van der Waals surface area contributed by atoms with E-state index >= 15 is 0 Å². The summed E-state index contributed by atoms with van der Waals surface area (Å²) in [5.41, 5.74) is 2.15. The van der Waals surface area contributed by atoms with E-state index in [0.29, 0.717) is 5.92 Å². The highest BCUT2D eigenvalue weighted by atomic mass is 16.1. The molecule has 0 bridgehead atoms. The quantitative estimate of drug-likeness (QED) is 0.660. The molecule has 0 amide bonds. The first-order valence-electron chi connectivity index (χ1n) is 5.29. The van der Waals surface area contributed by atoms with Gasteiger partial charge in [-0.25, -0.2) is 0 Å². The Kier molecular flexibility index (Phi) is 3.87. The predicted octanol–water partition coefficient (Wildman–Crippen LogP) is 3.79. The highest BCUT2D eigenvalue weighted by Gasteiger charge is 2.06. The van der Waals surface area contributed by atoms with Gasteiger partial charge in [0, 0.05) is 5.56 Å². The number of rotatable bonds is 4. The molecule has 76 valence electrons. The maximum absolute atomic E-state index is 11.1. The van der Waals surface area contributed by atoms with Gasteiger partial charge in [0.05, 0.1) is 0 Å². The molecule has 1 rings (SSSR count). The van der Waals surface area contributed by atoms with E-state index in [0.717, 1.165) is 18.4 Å². The van der Waals surface area contributed by atoms with Crippen LogP contribution in [-0.2, 0) is 0 Å². The number of carbonyl (C=O) groups is 1. The molecule has 0 spiro atoms. The molecule has 0 fully saturated rings. The summed E-state index contributed by atoms with van der Waals surface area (Å²) in [6.07, 6.45) is 2.33. The Morgan fingerprint density at radius 2 is 1.64 bits per heavy atom. The Labute approximate surface area is 86.1 Å². The number of hydrogen-bond donors (Lipinski definition) is 0. The SMILES string of the molecule is CCC(CC)c1ccc(C(C)=O)cc1. The molecule has 0 aliphatic carbocycles. The van der Waals surface area contributed by atoms with Crippen molar-refractivity contribution in [3.05, 3.63) is 35.4 Å². The van der Waals surface area contributed by atoms with Crippen molar-refractivity contribution in [1.29, 1.82) is 0 Å². The van der Waals surface area contributed by atoms with E-state index in [2.05, 4.69) is 26.0 Å². The van der Waals surface area contributed by atoms with Crippen LogP contribution in [0, 0.1) is 0 Å². The van der Waals surface area contributed by atoms with Crippen LogP contribution in [0.1, 0.15) is 55.5 Å². The summed E-state index contributed by atoms with van der Waals surface area (Å²) in [5.74, 6) is 0.775. The molecule has 1 heteroatoms. The molecule has 0 aliphatic heterocycles. The third-order valence-corrected chi connectivity index (χ3v) is 2.77. The third kappa shape index (κ3) is 2.44. The van der Waals surface area contributed by atoms with E-state index in [1.807, 2.05) is 12.1 Å². The van der Waals surface area contributed by atoms with Crippen LogP contribution in [0.5, 0.6) is 0 Å². The highest BCUT2D eigenvalue weighted by molar-refractivity contribution is 5.94. The van der Waals surface area contributed by atoms with Gasteiger partial charge in [-0.05, 0) is 31.2 Å². The minimum atomic E-state index is 0.140. The Morgan fingerprint density at radius 1 is 1.14 bits per heavy atom. The second kappa shape index (κ2) is 4.94. The topological polar surface area (TPSA) is 17.1 Å². The molecule has 0 N–H and O–H groups in total. The molecule has 0 heterocycles. The van der Waals surface area contributed by atoms with Crippen LogP contribution in [0.4, 0.5) is 0 Å². The first-order valence-corrected chi connectivity index (χ1v) is 5.29. The van der Waals surface area contributed by atoms with Gasteiger partial charge in [0.2, 0.25) is 0 Å². The summed E-state index contributed by atoms with van der Waals surface area (Å²) in [5, 5.41) is 0. The summed E-state index contributed by atoms with van der Waals surface area (Å²) >= 11 is 0. The van der Waals surface area contributed by atoms with Gasteiger partial charge < -0.3 is 0 Å². The van der Waals surface area contributed by atoms with Crippen molar-refractivity contribution < 1.29 is 4.79 Å². The number of hydrogen-bond acceptors (Lipinski definition) is 1. The van der Waals surface area contributed by atoms with E-state index in [-0.39, 0.29) is 5.78 Å². The molecule has 1 aromatic rings. The summed E-state index contributed by atoms with van der Waals surface area (Å²) in [6.45, 7) is 6.01.